The summed E-state index contributed by atoms with van der Waals surface area (Å²) in [5.74, 6) is -1.57. The molecule has 0 saturated heterocycles. The average molecular weight is 406 g/mol. The van der Waals surface area contributed by atoms with Gasteiger partial charge in [0.15, 0.2) is 5.82 Å². The number of para-hydroxylation sites is 2. The minimum Gasteiger partial charge on any atom is -0.330 e. The van der Waals surface area contributed by atoms with Gasteiger partial charge in [-0.1, -0.05) is 18.6 Å². The largest absolute Gasteiger partial charge is 0.330 e. The topological polar surface area (TPSA) is 73.0 Å². The highest BCUT2D eigenvalue weighted by molar-refractivity contribution is 8.27. The van der Waals surface area contributed by atoms with Gasteiger partial charge in [0.1, 0.15) is 11.5 Å². The molecule has 0 aromatic heterocycles. The number of fused-ring (bicyclic) bond motifs is 1. The Balaban J connectivity index is 0.00000243. The molecular weight excluding hydrogens is 384 g/mol. The van der Waals surface area contributed by atoms with Crippen molar-refractivity contribution in [3.8, 4) is 0 Å². The summed E-state index contributed by atoms with van der Waals surface area (Å²) in [7, 11) is -3.49. The van der Waals surface area contributed by atoms with E-state index in [-0.39, 0.29) is 18.1 Å². The van der Waals surface area contributed by atoms with Crippen LogP contribution in [0.5, 0.6) is 0 Å². The van der Waals surface area contributed by atoms with Gasteiger partial charge >= 0.3 is 0 Å². The van der Waals surface area contributed by atoms with E-state index < -0.39 is 22.6 Å². The van der Waals surface area contributed by atoms with E-state index in [0.717, 1.165) is 35.7 Å². The maximum absolute atomic E-state index is 14.3. The van der Waals surface area contributed by atoms with Gasteiger partial charge in [-0.15, -0.1) is 12.4 Å². The molecule has 1 heterocycles. The second-order valence-electron chi connectivity index (χ2n) is 5.82. The molecule has 26 heavy (non-hydrogen) atoms. The number of anilines is 3. The van der Waals surface area contributed by atoms with Crippen LogP contribution in [0.2, 0.25) is 0 Å². The lowest BCUT2D eigenvalue weighted by Gasteiger charge is -2.43. The molecule has 0 amide bonds. The summed E-state index contributed by atoms with van der Waals surface area (Å²) in [6.45, 7) is 0.985. The Hall–Kier alpha value is -1.58. The van der Waals surface area contributed by atoms with Crippen molar-refractivity contribution in [2.24, 2.45) is 5.73 Å². The molecule has 5 nitrogen and oxygen atoms in total. The van der Waals surface area contributed by atoms with Crippen molar-refractivity contribution in [2.45, 2.75) is 19.3 Å². The fraction of sp³-hybridized carbons (Fsp3) is 0.294. The molecular formula is C17H22ClF2N3O2S. The van der Waals surface area contributed by atoms with Crippen molar-refractivity contribution in [1.82, 2.24) is 0 Å². The Morgan fingerprint density at radius 1 is 0.923 bits per heavy atom. The van der Waals surface area contributed by atoms with Gasteiger partial charge in [-0.3, -0.25) is 13.4 Å². The number of benzene rings is 2. The third-order valence-electron chi connectivity index (χ3n) is 4.10. The molecule has 1 aliphatic rings. The Labute approximate surface area is 159 Å². The Bertz CT molecular complexity index is 767. The summed E-state index contributed by atoms with van der Waals surface area (Å²) in [5, 5.41) is 0. The van der Waals surface area contributed by atoms with Crippen LogP contribution in [0.25, 0.3) is 0 Å². The Morgan fingerprint density at radius 2 is 1.62 bits per heavy atom. The number of halogens is 3. The standard InChI is InChI=1S/C17H21F2N3O2S.ClH/c18-13-8-9-15(14(19)12-13)22-17-7-3-2-6-16(17)21(25(22,23)24)11-5-1-4-10-20;/h2-3,6-9,12,23-24H,1,4-5,10-11,20H2;1H. The second kappa shape index (κ2) is 8.41. The molecule has 3 rings (SSSR count). The number of hydrogen-bond acceptors (Lipinski definition) is 5. The molecule has 1 aliphatic heterocycles. The first-order valence-electron chi connectivity index (χ1n) is 8.07. The number of nitrogens with zero attached hydrogens (tertiary/aromatic N) is 2. The zero-order chi connectivity index (χ0) is 18.0. The molecule has 0 fully saturated rings. The van der Waals surface area contributed by atoms with E-state index in [1.54, 1.807) is 24.3 Å². The number of unbranched alkanes of at least 4 members (excludes halogenated alkanes) is 2. The van der Waals surface area contributed by atoms with Crippen LogP contribution in [0.15, 0.2) is 42.5 Å². The van der Waals surface area contributed by atoms with Crippen LogP contribution >= 0.6 is 23.4 Å². The van der Waals surface area contributed by atoms with Crippen LogP contribution in [0, 0.1) is 11.6 Å². The van der Waals surface area contributed by atoms with Crippen LogP contribution in [0.3, 0.4) is 0 Å². The maximum atomic E-state index is 14.3. The molecule has 0 atom stereocenters. The quantitative estimate of drug-likeness (QED) is 0.586. The predicted molar refractivity (Wildman–Crippen MR) is 105 cm³/mol. The summed E-state index contributed by atoms with van der Waals surface area (Å²) in [5.41, 5.74) is 6.51. The van der Waals surface area contributed by atoms with Gasteiger partial charge in [0, 0.05) is 12.6 Å². The van der Waals surface area contributed by atoms with Gasteiger partial charge < -0.3 is 5.73 Å². The monoisotopic (exact) mass is 405 g/mol. The van der Waals surface area contributed by atoms with Crippen molar-refractivity contribution in [1.29, 1.82) is 0 Å². The van der Waals surface area contributed by atoms with Gasteiger partial charge in [-0.2, -0.15) is 0 Å². The van der Waals surface area contributed by atoms with Gasteiger partial charge in [0.2, 0.25) is 0 Å². The maximum Gasteiger partial charge on any atom is 0.151 e. The molecule has 2 aromatic carbocycles. The lowest BCUT2D eigenvalue weighted by molar-refractivity contribution is 0.481. The third-order valence-corrected chi connectivity index (χ3v) is 5.96. The van der Waals surface area contributed by atoms with E-state index in [4.69, 9.17) is 5.73 Å². The van der Waals surface area contributed by atoms with E-state index >= 15 is 0 Å². The number of hydrogen-bond donors (Lipinski definition) is 3. The first-order valence-corrected chi connectivity index (χ1v) is 9.53. The molecule has 0 saturated carbocycles. The van der Waals surface area contributed by atoms with Crippen LogP contribution in [-0.4, -0.2) is 22.2 Å². The Morgan fingerprint density at radius 3 is 2.27 bits per heavy atom. The van der Waals surface area contributed by atoms with E-state index in [1.807, 2.05) is 0 Å². The molecule has 0 bridgehead atoms. The van der Waals surface area contributed by atoms with Crippen LogP contribution < -0.4 is 14.3 Å². The highest BCUT2D eigenvalue weighted by Crippen LogP contribution is 2.64. The molecule has 144 valence electrons. The summed E-state index contributed by atoms with van der Waals surface area (Å²) < 4.78 is 51.9. The summed E-state index contributed by atoms with van der Waals surface area (Å²) >= 11 is 0. The first kappa shape index (κ1) is 20.7. The smallest absolute Gasteiger partial charge is 0.151 e. The van der Waals surface area contributed by atoms with Crippen LogP contribution in [0.4, 0.5) is 25.8 Å². The molecule has 0 unspecified atom stereocenters. The zero-order valence-electron chi connectivity index (χ0n) is 14.0. The summed E-state index contributed by atoms with van der Waals surface area (Å²) in [6, 6.07) is 10.0. The normalized spacial score (nSPS) is 16.2. The van der Waals surface area contributed by atoms with Crippen molar-refractivity contribution in [2.75, 3.05) is 21.7 Å². The van der Waals surface area contributed by atoms with Gasteiger partial charge in [0.25, 0.3) is 0 Å². The highest BCUT2D eigenvalue weighted by Gasteiger charge is 2.42. The fourth-order valence-corrected chi connectivity index (χ4v) is 4.76. The SMILES string of the molecule is Cl.NCCCCCN1c2ccccc2N(c2ccc(F)cc2F)S1(O)O. The first-order chi connectivity index (χ1) is 12.0. The lowest BCUT2D eigenvalue weighted by Crippen LogP contribution is -2.32. The van der Waals surface area contributed by atoms with Crippen molar-refractivity contribution >= 4 is 40.4 Å². The van der Waals surface area contributed by atoms with Crippen molar-refractivity contribution in [3.63, 3.8) is 0 Å². The van der Waals surface area contributed by atoms with E-state index in [1.165, 1.54) is 10.4 Å². The van der Waals surface area contributed by atoms with Crippen molar-refractivity contribution < 1.29 is 17.9 Å². The van der Waals surface area contributed by atoms with E-state index in [2.05, 4.69) is 0 Å². The number of rotatable bonds is 6. The highest BCUT2D eigenvalue weighted by atomic mass is 35.5. The third kappa shape index (κ3) is 3.74. The molecule has 0 aliphatic carbocycles. The van der Waals surface area contributed by atoms with Crippen LogP contribution in [-0.2, 0) is 0 Å². The number of nitrogens with two attached hydrogens (primary N) is 1. The summed E-state index contributed by atoms with van der Waals surface area (Å²) in [4.78, 5) is 0. The van der Waals surface area contributed by atoms with Gasteiger partial charge in [-0.05, 0) is 54.6 Å². The summed E-state index contributed by atoms with van der Waals surface area (Å²) in [6.07, 6.45) is 2.43. The minimum atomic E-state index is -3.49. The molecule has 9 heteroatoms. The van der Waals surface area contributed by atoms with E-state index in [0.29, 0.717) is 24.5 Å². The average Bonchev–Trinajstić information content (AvgIpc) is 2.79. The lowest BCUT2D eigenvalue weighted by atomic mass is 10.2. The molecule has 0 radical (unpaired) electrons. The Kier molecular flexibility index (Phi) is 6.70. The molecule has 2 aromatic rings. The zero-order valence-corrected chi connectivity index (χ0v) is 15.6. The molecule has 4 N–H and O–H groups in total. The van der Waals surface area contributed by atoms with Crippen molar-refractivity contribution in [3.05, 3.63) is 54.1 Å². The second-order valence-corrected chi connectivity index (χ2v) is 7.61. The van der Waals surface area contributed by atoms with Gasteiger partial charge in [0.05, 0.1) is 11.4 Å². The van der Waals surface area contributed by atoms with Crippen LogP contribution in [0.1, 0.15) is 19.3 Å². The minimum absolute atomic E-state index is 0. The molecule has 0 spiro atoms. The fourth-order valence-electron chi connectivity index (χ4n) is 2.94. The predicted octanol–water partition coefficient (Wildman–Crippen LogP) is 5.05. The van der Waals surface area contributed by atoms with Gasteiger partial charge in [-0.25, -0.2) is 13.1 Å². The van der Waals surface area contributed by atoms with E-state index in [9.17, 15) is 17.9 Å².